The maximum Gasteiger partial charge on any atom is 0.204 e. The van der Waals surface area contributed by atoms with E-state index >= 15 is 0 Å². The van der Waals surface area contributed by atoms with E-state index in [2.05, 4.69) is 13.0 Å². The van der Waals surface area contributed by atoms with E-state index in [1.165, 1.54) is 76.3 Å². The van der Waals surface area contributed by atoms with Crippen LogP contribution in [-0.4, -0.2) is 13.2 Å². The van der Waals surface area contributed by atoms with E-state index in [0.717, 1.165) is 17.8 Å². The Morgan fingerprint density at radius 2 is 1.40 bits per heavy atom. The van der Waals surface area contributed by atoms with Gasteiger partial charge >= 0.3 is 0 Å². The number of hydrogen-bond acceptors (Lipinski definition) is 2. The molecule has 0 unspecified atom stereocenters. The lowest BCUT2D eigenvalue weighted by Crippen LogP contribution is -2.25. The summed E-state index contributed by atoms with van der Waals surface area (Å²) < 4.78 is 38.4. The highest BCUT2D eigenvalue weighted by atomic mass is 19.2. The van der Waals surface area contributed by atoms with Crippen LogP contribution < -0.4 is 9.47 Å². The van der Waals surface area contributed by atoms with Gasteiger partial charge in [0.2, 0.25) is 11.6 Å². The lowest BCUT2D eigenvalue weighted by molar-refractivity contribution is 0.152. The van der Waals surface area contributed by atoms with Crippen LogP contribution in [-0.2, 0) is 0 Å². The molecular formula is C26H38F2O2. The Kier molecular flexibility index (Phi) is 9.02. The molecule has 0 aromatic heterocycles. The van der Waals surface area contributed by atoms with Crippen molar-refractivity contribution in [1.82, 2.24) is 0 Å². The van der Waals surface area contributed by atoms with E-state index in [0.29, 0.717) is 12.5 Å². The second kappa shape index (κ2) is 11.7. The van der Waals surface area contributed by atoms with E-state index < -0.39 is 11.6 Å². The third-order valence-corrected chi connectivity index (χ3v) is 7.13. The standard InChI is InChI=1S/C26H38F2O2/c1-3-6-19-8-12-21(13-9-19)22-14-10-20(11-15-22)7-5-18-30-24-17-16-23(29-4-2)25(27)26(24)28/h5,7,16-17,19-22H,3-4,6,8-15,18H2,1-2H3/b7-5+. The fourth-order valence-corrected chi connectivity index (χ4v) is 5.44. The van der Waals surface area contributed by atoms with Gasteiger partial charge in [-0.1, -0.05) is 44.8 Å². The van der Waals surface area contributed by atoms with Gasteiger partial charge in [0.15, 0.2) is 11.5 Å². The number of allylic oxidation sites excluding steroid dienone is 1. The van der Waals surface area contributed by atoms with Crippen molar-refractivity contribution in [3.05, 3.63) is 35.9 Å². The first kappa shape index (κ1) is 23.1. The van der Waals surface area contributed by atoms with E-state index in [9.17, 15) is 8.78 Å². The second-order valence-corrected chi connectivity index (χ2v) is 9.11. The molecule has 0 amide bonds. The first-order chi connectivity index (χ1) is 14.6. The largest absolute Gasteiger partial charge is 0.491 e. The summed E-state index contributed by atoms with van der Waals surface area (Å²) in [5.74, 6) is 1.32. The van der Waals surface area contributed by atoms with Crippen molar-refractivity contribution in [2.24, 2.45) is 23.7 Å². The van der Waals surface area contributed by atoms with Gasteiger partial charge in [-0.25, -0.2) is 0 Å². The zero-order chi connectivity index (χ0) is 21.3. The molecule has 4 heteroatoms. The minimum absolute atomic E-state index is 0.0667. The van der Waals surface area contributed by atoms with Gasteiger partial charge in [0.1, 0.15) is 6.61 Å². The zero-order valence-corrected chi connectivity index (χ0v) is 18.7. The van der Waals surface area contributed by atoms with Crippen molar-refractivity contribution < 1.29 is 18.3 Å². The first-order valence-electron chi connectivity index (χ1n) is 12.0. The Hall–Kier alpha value is -1.58. The van der Waals surface area contributed by atoms with E-state index in [-0.39, 0.29) is 18.1 Å². The van der Waals surface area contributed by atoms with Gasteiger partial charge in [-0.05, 0) is 81.3 Å². The van der Waals surface area contributed by atoms with E-state index in [4.69, 9.17) is 9.47 Å². The van der Waals surface area contributed by atoms with Crippen molar-refractivity contribution in [2.75, 3.05) is 13.2 Å². The van der Waals surface area contributed by atoms with Gasteiger partial charge < -0.3 is 9.47 Å². The summed E-state index contributed by atoms with van der Waals surface area (Å²) >= 11 is 0. The molecule has 2 saturated carbocycles. The van der Waals surface area contributed by atoms with Crippen LogP contribution in [0.5, 0.6) is 11.5 Å². The smallest absolute Gasteiger partial charge is 0.204 e. The lowest BCUT2D eigenvalue weighted by atomic mass is 9.69. The predicted octanol–water partition coefficient (Wildman–Crippen LogP) is 7.71. The molecule has 3 rings (SSSR count). The monoisotopic (exact) mass is 420 g/mol. The molecule has 0 N–H and O–H groups in total. The van der Waals surface area contributed by atoms with Crippen LogP contribution in [0.25, 0.3) is 0 Å². The van der Waals surface area contributed by atoms with Gasteiger partial charge in [0.05, 0.1) is 6.61 Å². The fourth-order valence-electron chi connectivity index (χ4n) is 5.44. The summed E-state index contributed by atoms with van der Waals surface area (Å²) in [4.78, 5) is 0. The fraction of sp³-hybridized carbons (Fsp3) is 0.692. The average Bonchev–Trinajstić information content (AvgIpc) is 2.77. The third-order valence-electron chi connectivity index (χ3n) is 7.13. The average molecular weight is 421 g/mol. The quantitative estimate of drug-likeness (QED) is 0.381. The molecular weight excluding hydrogens is 382 g/mol. The molecule has 2 fully saturated rings. The van der Waals surface area contributed by atoms with Crippen LogP contribution >= 0.6 is 0 Å². The molecule has 0 radical (unpaired) electrons. The van der Waals surface area contributed by atoms with Crippen molar-refractivity contribution in [2.45, 2.75) is 78.1 Å². The van der Waals surface area contributed by atoms with Gasteiger partial charge in [-0.3, -0.25) is 0 Å². The van der Waals surface area contributed by atoms with E-state index in [1.54, 1.807) is 6.92 Å². The molecule has 0 bridgehead atoms. The van der Waals surface area contributed by atoms with E-state index in [1.807, 2.05) is 6.08 Å². The van der Waals surface area contributed by atoms with Gasteiger partial charge in [-0.2, -0.15) is 8.78 Å². The van der Waals surface area contributed by atoms with Gasteiger partial charge in [0, 0.05) is 0 Å². The Bertz CT molecular complexity index is 672. The van der Waals surface area contributed by atoms with Crippen LogP contribution in [0.2, 0.25) is 0 Å². The molecule has 1 aromatic rings. The molecule has 2 aliphatic carbocycles. The molecule has 30 heavy (non-hydrogen) atoms. The molecule has 168 valence electrons. The molecule has 2 nitrogen and oxygen atoms in total. The summed E-state index contributed by atoms with van der Waals surface area (Å²) in [6.45, 7) is 4.59. The van der Waals surface area contributed by atoms with Crippen LogP contribution in [0.15, 0.2) is 24.3 Å². The van der Waals surface area contributed by atoms with Crippen molar-refractivity contribution in [3.8, 4) is 11.5 Å². The van der Waals surface area contributed by atoms with Crippen LogP contribution in [0.4, 0.5) is 8.78 Å². The molecule has 2 aliphatic rings. The number of hydrogen-bond donors (Lipinski definition) is 0. The summed E-state index contributed by atoms with van der Waals surface area (Å²) in [5, 5.41) is 0. The molecule has 0 saturated heterocycles. The number of halogens is 2. The summed E-state index contributed by atoms with van der Waals surface area (Å²) in [7, 11) is 0. The Balaban J connectivity index is 1.38. The maximum atomic E-state index is 14.1. The topological polar surface area (TPSA) is 18.5 Å². The minimum Gasteiger partial charge on any atom is -0.491 e. The zero-order valence-electron chi connectivity index (χ0n) is 18.7. The number of rotatable bonds is 9. The minimum atomic E-state index is -0.986. The Morgan fingerprint density at radius 3 is 1.97 bits per heavy atom. The molecule has 0 aliphatic heterocycles. The second-order valence-electron chi connectivity index (χ2n) is 9.11. The third kappa shape index (κ3) is 6.21. The van der Waals surface area contributed by atoms with Crippen LogP contribution in [0.1, 0.15) is 78.1 Å². The molecule has 0 spiro atoms. The number of ether oxygens (including phenoxy) is 2. The van der Waals surface area contributed by atoms with Gasteiger partial charge in [-0.15, -0.1) is 0 Å². The predicted molar refractivity (Wildman–Crippen MR) is 118 cm³/mol. The highest BCUT2D eigenvalue weighted by molar-refractivity contribution is 5.35. The Morgan fingerprint density at radius 1 is 0.833 bits per heavy atom. The highest BCUT2D eigenvalue weighted by Crippen LogP contribution is 2.42. The van der Waals surface area contributed by atoms with Gasteiger partial charge in [0.25, 0.3) is 0 Å². The van der Waals surface area contributed by atoms with Crippen molar-refractivity contribution in [1.29, 1.82) is 0 Å². The summed E-state index contributed by atoms with van der Waals surface area (Å²) in [6, 6.07) is 2.84. The molecule has 0 atom stereocenters. The SMILES string of the molecule is CCCC1CCC(C2CCC(/C=C/COc3ccc(OCC)c(F)c3F)CC2)CC1. The Labute approximate surface area is 181 Å². The maximum absolute atomic E-state index is 14.1. The normalized spacial score (nSPS) is 27.3. The number of benzene rings is 1. The van der Waals surface area contributed by atoms with Crippen LogP contribution in [0, 0.1) is 35.3 Å². The first-order valence-corrected chi connectivity index (χ1v) is 12.0. The van der Waals surface area contributed by atoms with Crippen molar-refractivity contribution >= 4 is 0 Å². The molecule has 1 aromatic carbocycles. The van der Waals surface area contributed by atoms with Crippen LogP contribution in [0.3, 0.4) is 0 Å². The molecule has 0 heterocycles. The lowest BCUT2D eigenvalue weighted by Gasteiger charge is -2.37. The summed E-state index contributed by atoms with van der Waals surface area (Å²) in [6.07, 6.45) is 17.8. The highest BCUT2D eigenvalue weighted by Gasteiger charge is 2.30. The van der Waals surface area contributed by atoms with Crippen molar-refractivity contribution in [3.63, 3.8) is 0 Å². The summed E-state index contributed by atoms with van der Waals surface area (Å²) in [5.41, 5.74) is 0.